The lowest BCUT2D eigenvalue weighted by Gasteiger charge is -2.33. The van der Waals surface area contributed by atoms with Crippen LogP contribution in [0, 0.1) is 5.92 Å². The molecule has 1 aromatic rings. The first-order valence-corrected chi connectivity index (χ1v) is 8.61. The number of carbonyl (C=O) groups is 1. The lowest BCUT2D eigenvalue weighted by atomic mass is 9.96. The second kappa shape index (κ2) is 13.4. The third-order valence-corrected chi connectivity index (χ3v) is 4.52. The smallest absolute Gasteiger partial charge is 0.220 e. The molecule has 1 aliphatic heterocycles. The molecule has 0 aromatic heterocycles. The molecule has 4 N–H and O–H groups in total. The molecule has 1 amide bonds. The number of halogens is 2. The fraction of sp³-hybridized carbons (Fsp3) is 0.611. The third kappa shape index (κ3) is 8.88. The Morgan fingerprint density at radius 3 is 2.48 bits per heavy atom. The monoisotopic (exact) mass is 391 g/mol. The van der Waals surface area contributed by atoms with Gasteiger partial charge in [-0.1, -0.05) is 30.3 Å². The van der Waals surface area contributed by atoms with Gasteiger partial charge in [0.25, 0.3) is 0 Å². The summed E-state index contributed by atoms with van der Waals surface area (Å²) in [5.41, 5.74) is 6.38. The second-order valence-corrected chi connectivity index (χ2v) is 6.37. The van der Waals surface area contributed by atoms with Crippen LogP contribution in [0.5, 0.6) is 0 Å². The van der Waals surface area contributed by atoms with Crippen molar-refractivity contribution in [2.75, 3.05) is 32.7 Å². The number of nitrogens with two attached hydrogens (primary N) is 1. The van der Waals surface area contributed by atoms with Crippen molar-refractivity contribution in [1.82, 2.24) is 10.2 Å². The van der Waals surface area contributed by atoms with Gasteiger partial charge in [-0.25, -0.2) is 0 Å². The zero-order valence-electron chi connectivity index (χ0n) is 14.6. The average Bonchev–Trinajstić information content (AvgIpc) is 2.60. The van der Waals surface area contributed by atoms with Gasteiger partial charge in [0, 0.05) is 19.5 Å². The molecular weight excluding hydrogens is 361 g/mol. The van der Waals surface area contributed by atoms with Gasteiger partial charge in [0.2, 0.25) is 5.91 Å². The van der Waals surface area contributed by atoms with Crippen LogP contribution in [0.25, 0.3) is 0 Å². The summed E-state index contributed by atoms with van der Waals surface area (Å²) in [5.74, 6) is 0.652. The van der Waals surface area contributed by atoms with E-state index < -0.39 is 6.10 Å². The van der Waals surface area contributed by atoms with Crippen molar-refractivity contribution < 1.29 is 9.90 Å². The average molecular weight is 392 g/mol. The van der Waals surface area contributed by atoms with Crippen LogP contribution in [0.2, 0.25) is 0 Å². The molecule has 25 heavy (non-hydrogen) atoms. The van der Waals surface area contributed by atoms with Crippen LogP contribution in [0.3, 0.4) is 0 Å². The highest BCUT2D eigenvalue weighted by Gasteiger charge is 2.21. The molecule has 1 atom stereocenters. The van der Waals surface area contributed by atoms with E-state index in [4.69, 9.17) is 5.73 Å². The minimum absolute atomic E-state index is 0. The van der Waals surface area contributed by atoms with Gasteiger partial charge in [-0.3, -0.25) is 4.79 Å². The number of likely N-dealkylation sites (tertiary alicyclic amines) is 1. The van der Waals surface area contributed by atoms with Crippen molar-refractivity contribution in [2.24, 2.45) is 11.7 Å². The zero-order chi connectivity index (χ0) is 16.5. The maximum Gasteiger partial charge on any atom is 0.220 e. The highest BCUT2D eigenvalue weighted by atomic mass is 35.5. The van der Waals surface area contributed by atoms with Crippen molar-refractivity contribution in [1.29, 1.82) is 0 Å². The van der Waals surface area contributed by atoms with E-state index in [2.05, 4.69) is 10.2 Å². The van der Waals surface area contributed by atoms with Gasteiger partial charge >= 0.3 is 0 Å². The number of hydrogen-bond donors (Lipinski definition) is 3. The van der Waals surface area contributed by atoms with Crippen LogP contribution in [0.15, 0.2) is 30.3 Å². The van der Waals surface area contributed by atoms with E-state index in [0.29, 0.717) is 25.4 Å². The van der Waals surface area contributed by atoms with Crippen molar-refractivity contribution in [2.45, 2.75) is 31.8 Å². The van der Waals surface area contributed by atoms with Crippen molar-refractivity contribution in [3.63, 3.8) is 0 Å². The Labute approximate surface area is 163 Å². The Bertz CT molecular complexity index is 469. The number of hydrogen-bond acceptors (Lipinski definition) is 4. The normalized spacial score (nSPS) is 16.4. The van der Waals surface area contributed by atoms with Gasteiger partial charge in [-0.15, -0.1) is 24.8 Å². The molecule has 1 aromatic carbocycles. The van der Waals surface area contributed by atoms with E-state index in [9.17, 15) is 9.90 Å². The SMILES string of the molecule is Cl.Cl.NCCCC(=O)NCC1CCN(CC(O)c2ccccc2)CC1. The second-order valence-electron chi connectivity index (χ2n) is 6.37. The topological polar surface area (TPSA) is 78.6 Å². The molecule has 1 unspecified atom stereocenters. The predicted molar refractivity (Wildman–Crippen MR) is 106 cm³/mol. The maximum absolute atomic E-state index is 11.6. The van der Waals surface area contributed by atoms with Gasteiger partial charge in [-0.05, 0) is 50.4 Å². The molecule has 0 radical (unpaired) electrons. The molecule has 1 aliphatic rings. The summed E-state index contributed by atoms with van der Waals surface area (Å²) in [6.45, 7) is 3.97. The molecule has 1 fully saturated rings. The minimum Gasteiger partial charge on any atom is -0.387 e. The number of amides is 1. The molecule has 0 spiro atoms. The number of carbonyl (C=O) groups excluding carboxylic acids is 1. The van der Waals surface area contributed by atoms with Gasteiger partial charge in [-0.2, -0.15) is 0 Å². The third-order valence-electron chi connectivity index (χ3n) is 4.52. The van der Waals surface area contributed by atoms with E-state index in [-0.39, 0.29) is 30.7 Å². The quantitative estimate of drug-likeness (QED) is 0.633. The Balaban J connectivity index is 0.00000288. The molecule has 0 saturated carbocycles. The number of nitrogens with one attached hydrogen (secondary N) is 1. The summed E-state index contributed by atoms with van der Waals surface area (Å²) < 4.78 is 0. The molecular formula is C18H31Cl2N3O2. The number of benzene rings is 1. The summed E-state index contributed by atoms with van der Waals surface area (Å²) in [6.07, 6.45) is 2.99. The maximum atomic E-state index is 11.6. The molecule has 7 heteroatoms. The standard InChI is InChI=1S/C18H29N3O2.2ClH/c19-10-4-7-18(23)20-13-15-8-11-21(12-9-15)14-17(22)16-5-2-1-3-6-16;;/h1-3,5-6,15,17,22H,4,7-14,19H2,(H,20,23);2*1H. The number of nitrogens with zero attached hydrogens (tertiary/aromatic N) is 1. The first-order chi connectivity index (χ1) is 11.2. The Morgan fingerprint density at radius 2 is 1.88 bits per heavy atom. The van der Waals surface area contributed by atoms with E-state index in [0.717, 1.165) is 44.5 Å². The van der Waals surface area contributed by atoms with Crippen LogP contribution in [0.1, 0.15) is 37.4 Å². The van der Waals surface area contributed by atoms with Crippen LogP contribution < -0.4 is 11.1 Å². The predicted octanol–water partition coefficient (Wildman–Crippen LogP) is 2.13. The number of aliphatic hydroxyl groups is 1. The highest BCUT2D eigenvalue weighted by Crippen LogP contribution is 2.20. The molecule has 5 nitrogen and oxygen atoms in total. The van der Waals surface area contributed by atoms with E-state index in [1.165, 1.54) is 0 Å². The Hall–Kier alpha value is -0.850. The fourth-order valence-corrected chi connectivity index (χ4v) is 3.01. The zero-order valence-corrected chi connectivity index (χ0v) is 16.2. The van der Waals surface area contributed by atoms with Gasteiger partial charge in [0.15, 0.2) is 0 Å². The first kappa shape index (κ1) is 24.1. The summed E-state index contributed by atoms with van der Waals surface area (Å²) in [7, 11) is 0. The molecule has 1 heterocycles. The van der Waals surface area contributed by atoms with Gasteiger partial charge < -0.3 is 21.1 Å². The summed E-state index contributed by atoms with van der Waals surface area (Å²) >= 11 is 0. The van der Waals surface area contributed by atoms with Crippen molar-refractivity contribution >= 4 is 30.7 Å². The fourth-order valence-electron chi connectivity index (χ4n) is 3.01. The molecule has 2 rings (SSSR count). The van der Waals surface area contributed by atoms with Crippen molar-refractivity contribution in [3.05, 3.63) is 35.9 Å². The van der Waals surface area contributed by atoms with Crippen LogP contribution in [-0.4, -0.2) is 48.6 Å². The molecule has 0 bridgehead atoms. The largest absolute Gasteiger partial charge is 0.387 e. The summed E-state index contributed by atoms with van der Waals surface area (Å²) in [5, 5.41) is 13.3. The van der Waals surface area contributed by atoms with E-state index in [1.807, 2.05) is 30.3 Å². The van der Waals surface area contributed by atoms with E-state index in [1.54, 1.807) is 0 Å². The lowest BCUT2D eigenvalue weighted by Crippen LogP contribution is -2.40. The van der Waals surface area contributed by atoms with E-state index >= 15 is 0 Å². The number of piperidine rings is 1. The lowest BCUT2D eigenvalue weighted by molar-refractivity contribution is -0.121. The highest BCUT2D eigenvalue weighted by molar-refractivity contribution is 5.85. The van der Waals surface area contributed by atoms with Gasteiger partial charge in [0.1, 0.15) is 0 Å². The van der Waals surface area contributed by atoms with Crippen molar-refractivity contribution in [3.8, 4) is 0 Å². The van der Waals surface area contributed by atoms with Crippen LogP contribution >= 0.6 is 24.8 Å². The molecule has 0 aliphatic carbocycles. The molecule has 144 valence electrons. The number of β-amino-alcohol motifs (C(OH)–C–C–N with tert-alkyl or cyclic N) is 1. The summed E-state index contributed by atoms with van der Waals surface area (Å²) in [4.78, 5) is 13.9. The minimum atomic E-state index is -0.427. The first-order valence-electron chi connectivity index (χ1n) is 8.61. The number of rotatable bonds is 8. The molecule has 1 saturated heterocycles. The van der Waals surface area contributed by atoms with Crippen LogP contribution in [-0.2, 0) is 4.79 Å². The Kier molecular flexibility index (Phi) is 12.9. The van der Waals surface area contributed by atoms with Gasteiger partial charge in [0.05, 0.1) is 6.10 Å². The van der Waals surface area contributed by atoms with Crippen LogP contribution in [0.4, 0.5) is 0 Å². The summed E-state index contributed by atoms with van der Waals surface area (Å²) in [6, 6.07) is 9.81. The Morgan fingerprint density at radius 1 is 1.24 bits per heavy atom. The number of aliphatic hydroxyl groups excluding tert-OH is 1.